The van der Waals surface area contributed by atoms with Crippen LogP contribution in [0.15, 0.2) is 10.5 Å². The lowest BCUT2D eigenvalue weighted by Crippen LogP contribution is -2.09. The Kier molecular flexibility index (Phi) is 2.99. The number of rotatable bonds is 3. The highest BCUT2D eigenvalue weighted by Gasteiger charge is 2.23. The smallest absolute Gasteiger partial charge is 0.231 e. The first-order valence-corrected chi connectivity index (χ1v) is 5.09. The zero-order chi connectivity index (χ0) is 10.8. The number of hydroxylamine groups is 1. The van der Waals surface area contributed by atoms with Gasteiger partial charge in [0.25, 0.3) is 0 Å². The van der Waals surface area contributed by atoms with Gasteiger partial charge in [-0.3, -0.25) is 0 Å². The molecule has 0 aromatic heterocycles. The molecule has 1 aromatic carbocycles. The molecule has 0 atom stereocenters. The molecule has 0 unspecified atom stereocenters. The Morgan fingerprint density at radius 1 is 1.60 bits per heavy atom. The Hall–Kier alpha value is -0.980. The van der Waals surface area contributed by atoms with Gasteiger partial charge in [-0.1, -0.05) is 0 Å². The average molecular weight is 276 g/mol. The Labute approximate surface area is 95.0 Å². The zero-order valence-electron chi connectivity index (χ0n) is 8.04. The number of benzene rings is 1. The molecule has 2 N–H and O–H groups in total. The lowest BCUT2D eigenvalue weighted by Gasteiger charge is -2.12. The van der Waals surface area contributed by atoms with E-state index in [0.29, 0.717) is 17.2 Å². The molecule has 1 aliphatic rings. The molecule has 0 bridgehead atoms. The molecule has 0 saturated carbocycles. The molecule has 5 nitrogen and oxygen atoms in total. The molecule has 0 aliphatic carbocycles. The van der Waals surface area contributed by atoms with Crippen LogP contribution in [-0.4, -0.2) is 19.1 Å². The van der Waals surface area contributed by atoms with Crippen LogP contribution in [0.1, 0.15) is 5.56 Å². The lowest BCUT2D eigenvalue weighted by atomic mass is 10.1. The minimum atomic E-state index is 0.188. The number of ether oxygens (including phenoxy) is 3. The van der Waals surface area contributed by atoms with Crippen LogP contribution in [0.2, 0.25) is 0 Å². The van der Waals surface area contributed by atoms with Gasteiger partial charge >= 0.3 is 0 Å². The Morgan fingerprint density at radius 2 is 2.40 bits per heavy atom. The second kappa shape index (κ2) is 4.26. The van der Waals surface area contributed by atoms with Gasteiger partial charge in [0.2, 0.25) is 6.79 Å². The molecular formula is C9H10BrNO4. The summed E-state index contributed by atoms with van der Waals surface area (Å²) in [6.07, 6.45) is 0. The van der Waals surface area contributed by atoms with Crippen LogP contribution in [0.25, 0.3) is 0 Å². The normalized spacial score (nSPS) is 13.0. The quantitative estimate of drug-likeness (QED) is 0.822. The summed E-state index contributed by atoms with van der Waals surface area (Å²) in [7, 11) is 1.56. The van der Waals surface area contributed by atoms with E-state index in [1.165, 1.54) is 0 Å². The van der Waals surface area contributed by atoms with Gasteiger partial charge in [0.05, 0.1) is 23.7 Å². The summed E-state index contributed by atoms with van der Waals surface area (Å²) in [4.78, 5) is 0. The summed E-state index contributed by atoms with van der Waals surface area (Å²) in [5.74, 6) is 1.88. The minimum Gasteiger partial charge on any atom is -0.495 e. The van der Waals surface area contributed by atoms with E-state index in [4.69, 9.17) is 19.4 Å². The summed E-state index contributed by atoms with van der Waals surface area (Å²) < 4.78 is 16.5. The summed E-state index contributed by atoms with van der Waals surface area (Å²) in [5, 5.41) is 8.74. The zero-order valence-corrected chi connectivity index (χ0v) is 9.63. The average Bonchev–Trinajstić information content (AvgIpc) is 2.66. The lowest BCUT2D eigenvalue weighted by molar-refractivity contribution is 0.154. The predicted octanol–water partition coefficient (Wildman–Crippen LogP) is 1.67. The van der Waals surface area contributed by atoms with Gasteiger partial charge in [0.15, 0.2) is 11.5 Å². The maximum absolute atomic E-state index is 8.74. The van der Waals surface area contributed by atoms with Crippen molar-refractivity contribution in [1.29, 1.82) is 0 Å². The fourth-order valence-electron chi connectivity index (χ4n) is 1.52. The van der Waals surface area contributed by atoms with Crippen molar-refractivity contribution in [2.24, 2.45) is 0 Å². The highest BCUT2D eigenvalue weighted by molar-refractivity contribution is 9.10. The molecular weight excluding hydrogens is 266 g/mol. The third-order valence-electron chi connectivity index (χ3n) is 2.12. The second-order valence-electron chi connectivity index (χ2n) is 2.94. The van der Waals surface area contributed by atoms with E-state index in [0.717, 1.165) is 10.0 Å². The van der Waals surface area contributed by atoms with Crippen LogP contribution in [0, 0.1) is 0 Å². The van der Waals surface area contributed by atoms with E-state index in [1.807, 2.05) is 0 Å². The highest BCUT2D eigenvalue weighted by Crippen LogP contribution is 2.45. The van der Waals surface area contributed by atoms with Gasteiger partial charge in [0, 0.05) is 6.07 Å². The number of hydrogen-bond acceptors (Lipinski definition) is 5. The monoisotopic (exact) mass is 275 g/mol. The Bertz CT molecular complexity index is 379. The van der Waals surface area contributed by atoms with E-state index < -0.39 is 0 Å². The van der Waals surface area contributed by atoms with Crippen molar-refractivity contribution in [1.82, 2.24) is 5.48 Å². The third kappa shape index (κ3) is 1.75. The third-order valence-corrected chi connectivity index (χ3v) is 2.71. The van der Waals surface area contributed by atoms with Gasteiger partial charge in [-0.05, 0) is 15.9 Å². The van der Waals surface area contributed by atoms with Crippen LogP contribution in [-0.2, 0) is 6.54 Å². The van der Waals surface area contributed by atoms with Crippen molar-refractivity contribution in [2.75, 3.05) is 13.9 Å². The first-order valence-electron chi connectivity index (χ1n) is 4.30. The first kappa shape index (κ1) is 10.5. The fourth-order valence-corrected chi connectivity index (χ4v) is 2.13. The maximum Gasteiger partial charge on any atom is 0.231 e. The van der Waals surface area contributed by atoms with E-state index in [9.17, 15) is 0 Å². The van der Waals surface area contributed by atoms with E-state index in [2.05, 4.69) is 21.4 Å². The van der Waals surface area contributed by atoms with Crippen LogP contribution in [0.4, 0.5) is 0 Å². The predicted molar refractivity (Wildman–Crippen MR) is 55.4 cm³/mol. The number of hydrogen-bond donors (Lipinski definition) is 2. The van der Waals surface area contributed by atoms with Crippen LogP contribution < -0.4 is 19.7 Å². The topological polar surface area (TPSA) is 60.0 Å². The molecule has 0 amide bonds. The highest BCUT2D eigenvalue weighted by atomic mass is 79.9. The summed E-state index contributed by atoms with van der Waals surface area (Å²) in [5.41, 5.74) is 2.80. The van der Waals surface area contributed by atoms with Crippen molar-refractivity contribution in [3.8, 4) is 17.2 Å². The molecule has 0 radical (unpaired) electrons. The van der Waals surface area contributed by atoms with Crippen LogP contribution in [0.3, 0.4) is 0 Å². The molecule has 1 aliphatic heterocycles. The van der Waals surface area contributed by atoms with Crippen molar-refractivity contribution < 1.29 is 19.4 Å². The van der Waals surface area contributed by atoms with Gasteiger partial charge < -0.3 is 19.4 Å². The molecule has 0 spiro atoms. The van der Waals surface area contributed by atoms with Crippen molar-refractivity contribution >= 4 is 15.9 Å². The van der Waals surface area contributed by atoms with Gasteiger partial charge in [0.1, 0.15) is 5.75 Å². The molecule has 0 fully saturated rings. The summed E-state index contributed by atoms with van der Waals surface area (Å²) >= 11 is 3.36. The van der Waals surface area contributed by atoms with E-state index in [-0.39, 0.29) is 13.3 Å². The van der Waals surface area contributed by atoms with Gasteiger partial charge in [-0.15, -0.1) is 0 Å². The van der Waals surface area contributed by atoms with Crippen LogP contribution >= 0.6 is 15.9 Å². The SMILES string of the molecule is COc1c(Br)cc2c(c1CNO)OCO2. The standard InChI is InChI=1S/C9H10BrNO4/c1-13-8-5(3-11-12)9-7(2-6(8)10)14-4-15-9/h2,11-12H,3-4H2,1H3. The molecule has 6 heteroatoms. The van der Waals surface area contributed by atoms with Crippen LogP contribution in [0.5, 0.6) is 17.2 Å². The molecule has 1 heterocycles. The van der Waals surface area contributed by atoms with Crippen molar-refractivity contribution in [2.45, 2.75) is 6.54 Å². The van der Waals surface area contributed by atoms with E-state index in [1.54, 1.807) is 13.2 Å². The number of methoxy groups -OCH3 is 1. The fraction of sp³-hybridized carbons (Fsp3) is 0.333. The molecule has 1 aromatic rings. The number of halogens is 1. The molecule has 2 rings (SSSR count). The largest absolute Gasteiger partial charge is 0.495 e. The second-order valence-corrected chi connectivity index (χ2v) is 3.79. The van der Waals surface area contributed by atoms with E-state index >= 15 is 0 Å². The Morgan fingerprint density at radius 3 is 3.07 bits per heavy atom. The van der Waals surface area contributed by atoms with Crippen molar-refractivity contribution in [3.63, 3.8) is 0 Å². The minimum absolute atomic E-state index is 0.188. The van der Waals surface area contributed by atoms with Gasteiger partial charge in [-0.2, -0.15) is 0 Å². The number of nitrogens with one attached hydrogen (secondary N) is 1. The van der Waals surface area contributed by atoms with Crippen molar-refractivity contribution in [3.05, 3.63) is 16.1 Å². The number of fused-ring (bicyclic) bond motifs is 1. The maximum atomic E-state index is 8.74. The summed E-state index contributed by atoms with van der Waals surface area (Å²) in [6, 6.07) is 1.78. The van der Waals surface area contributed by atoms with Gasteiger partial charge in [-0.25, -0.2) is 5.48 Å². The first-order chi connectivity index (χ1) is 7.27. The molecule has 0 saturated heterocycles. The molecule has 15 heavy (non-hydrogen) atoms. The molecule has 82 valence electrons. The summed E-state index contributed by atoms with van der Waals surface area (Å²) in [6.45, 7) is 0.418. The Balaban J connectivity index is 2.55.